The molecule has 1 amide bonds. The topological polar surface area (TPSA) is 90.7 Å². The van der Waals surface area contributed by atoms with Gasteiger partial charge in [0.05, 0.1) is 10.5 Å². The second-order valence-corrected chi connectivity index (χ2v) is 9.24. The van der Waals surface area contributed by atoms with Crippen LogP contribution in [0.3, 0.4) is 0 Å². The van der Waals surface area contributed by atoms with E-state index in [-0.39, 0.29) is 42.5 Å². The summed E-state index contributed by atoms with van der Waals surface area (Å²) >= 11 is 6.00. The van der Waals surface area contributed by atoms with E-state index >= 15 is 0 Å². The number of piperazine rings is 1. The van der Waals surface area contributed by atoms with Crippen molar-refractivity contribution < 1.29 is 17.9 Å². The molecule has 0 radical (unpaired) electrons. The van der Waals surface area contributed by atoms with E-state index in [9.17, 15) is 18.5 Å². The molecule has 0 saturated carbocycles. The standard InChI is InChI=1S/C20H18ClN3O4S/c21-16-5-6-17-15(11-16)12-18(28-17)20(25)23-7-9-24(10-8-23)29(26,27)19-4-2-1-3-14(19)13-22/h1-6,11,18H,7-10,12H2/t18-/m1/s1. The average Bonchev–Trinajstić information content (AvgIpc) is 3.16. The van der Waals surface area contributed by atoms with E-state index in [0.717, 1.165) is 5.56 Å². The number of hydrogen-bond acceptors (Lipinski definition) is 5. The molecule has 0 unspecified atom stereocenters. The maximum Gasteiger partial charge on any atom is 0.264 e. The highest BCUT2D eigenvalue weighted by Gasteiger charge is 2.36. The average molecular weight is 432 g/mol. The molecule has 2 aromatic rings. The Morgan fingerprint density at radius 3 is 2.59 bits per heavy atom. The Labute approximate surface area is 174 Å². The van der Waals surface area contributed by atoms with Gasteiger partial charge in [-0.15, -0.1) is 0 Å². The van der Waals surface area contributed by atoms with Crippen LogP contribution >= 0.6 is 11.6 Å². The fourth-order valence-electron chi connectivity index (χ4n) is 3.63. The second-order valence-electron chi connectivity index (χ2n) is 6.90. The molecule has 2 aliphatic heterocycles. The van der Waals surface area contributed by atoms with Crippen LogP contribution < -0.4 is 4.74 Å². The van der Waals surface area contributed by atoms with Crippen LogP contribution in [0.5, 0.6) is 5.75 Å². The molecule has 4 rings (SSSR count). The molecule has 2 aromatic carbocycles. The summed E-state index contributed by atoms with van der Waals surface area (Å²) in [5, 5.41) is 9.79. The first-order valence-corrected chi connectivity index (χ1v) is 10.9. The molecule has 1 fully saturated rings. The Morgan fingerprint density at radius 2 is 1.86 bits per heavy atom. The maximum atomic E-state index is 12.9. The van der Waals surface area contributed by atoms with Crippen LogP contribution in [-0.2, 0) is 21.2 Å². The van der Waals surface area contributed by atoms with Crippen molar-refractivity contribution in [3.63, 3.8) is 0 Å². The van der Waals surface area contributed by atoms with Gasteiger partial charge in [0, 0.05) is 37.6 Å². The number of carbonyl (C=O) groups excluding carboxylic acids is 1. The van der Waals surface area contributed by atoms with Gasteiger partial charge < -0.3 is 9.64 Å². The van der Waals surface area contributed by atoms with Crippen molar-refractivity contribution in [1.82, 2.24) is 9.21 Å². The molecule has 29 heavy (non-hydrogen) atoms. The zero-order valence-corrected chi connectivity index (χ0v) is 17.0. The summed E-state index contributed by atoms with van der Waals surface area (Å²) in [6, 6.07) is 13.3. The zero-order valence-electron chi connectivity index (χ0n) is 15.4. The predicted molar refractivity (Wildman–Crippen MR) is 106 cm³/mol. The first kappa shape index (κ1) is 19.7. The molecule has 1 saturated heterocycles. The molecule has 0 N–H and O–H groups in total. The molecular formula is C20H18ClN3O4S. The Kier molecular flexibility index (Phi) is 5.21. The van der Waals surface area contributed by atoms with Crippen molar-refractivity contribution in [2.24, 2.45) is 0 Å². The predicted octanol–water partition coefficient (Wildman–Crippen LogP) is 2.05. The fraction of sp³-hybridized carbons (Fsp3) is 0.300. The number of hydrogen-bond donors (Lipinski definition) is 0. The van der Waals surface area contributed by atoms with Crippen molar-refractivity contribution in [3.05, 3.63) is 58.6 Å². The molecule has 0 aliphatic carbocycles. The lowest BCUT2D eigenvalue weighted by Gasteiger charge is -2.35. The van der Waals surface area contributed by atoms with Crippen molar-refractivity contribution in [3.8, 4) is 11.8 Å². The van der Waals surface area contributed by atoms with Gasteiger partial charge >= 0.3 is 0 Å². The third kappa shape index (κ3) is 3.69. The van der Waals surface area contributed by atoms with Crippen LogP contribution in [0.25, 0.3) is 0 Å². The van der Waals surface area contributed by atoms with E-state index in [0.29, 0.717) is 17.2 Å². The van der Waals surface area contributed by atoms with Crippen LogP contribution in [0, 0.1) is 11.3 Å². The highest BCUT2D eigenvalue weighted by molar-refractivity contribution is 7.89. The van der Waals surface area contributed by atoms with E-state index in [1.54, 1.807) is 35.2 Å². The quantitative estimate of drug-likeness (QED) is 0.741. The molecule has 2 heterocycles. The van der Waals surface area contributed by atoms with Crippen LogP contribution in [0.15, 0.2) is 47.4 Å². The summed E-state index contributed by atoms with van der Waals surface area (Å²) in [6.07, 6.45) is -0.172. The minimum absolute atomic E-state index is 0.00580. The number of nitrogens with zero attached hydrogens (tertiary/aromatic N) is 3. The number of fused-ring (bicyclic) bond motifs is 1. The number of ether oxygens (including phenoxy) is 1. The van der Waals surface area contributed by atoms with Gasteiger partial charge in [-0.25, -0.2) is 8.42 Å². The Balaban J connectivity index is 1.42. The SMILES string of the molecule is N#Cc1ccccc1S(=O)(=O)N1CCN(C(=O)[C@H]2Cc3cc(Cl)ccc3O2)CC1. The van der Waals surface area contributed by atoms with Gasteiger partial charge in [0.2, 0.25) is 10.0 Å². The summed E-state index contributed by atoms with van der Waals surface area (Å²) < 4.78 is 32.9. The third-order valence-corrected chi connectivity index (χ3v) is 7.34. The molecule has 9 heteroatoms. The van der Waals surface area contributed by atoms with Crippen molar-refractivity contribution in [2.75, 3.05) is 26.2 Å². The molecule has 1 atom stereocenters. The Hall–Kier alpha value is -2.60. The van der Waals surface area contributed by atoms with Crippen molar-refractivity contribution in [2.45, 2.75) is 17.4 Å². The first-order valence-electron chi connectivity index (χ1n) is 9.13. The smallest absolute Gasteiger partial charge is 0.264 e. The fourth-order valence-corrected chi connectivity index (χ4v) is 5.39. The van der Waals surface area contributed by atoms with Crippen molar-refractivity contribution in [1.29, 1.82) is 5.26 Å². The Bertz CT molecular complexity index is 1100. The molecule has 7 nitrogen and oxygen atoms in total. The van der Waals surface area contributed by atoms with E-state index in [4.69, 9.17) is 16.3 Å². The van der Waals surface area contributed by atoms with Gasteiger partial charge in [-0.3, -0.25) is 4.79 Å². The lowest BCUT2D eigenvalue weighted by Crippen LogP contribution is -2.53. The summed E-state index contributed by atoms with van der Waals surface area (Å²) in [6.45, 7) is 0.867. The zero-order chi connectivity index (χ0) is 20.6. The highest BCUT2D eigenvalue weighted by Crippen LogP contribution is 2.32. The van der Waals surface area contributed by atoms with Gasteiger partial charge in [-0.2, -0.15) is 9.57 Å². The van der Waals surface area contributed by atoms with E-state index in [1.807, 2.05) is 6.07 Å². The van der Waals surface area contributed by atoms with Crippen LogP contribution in [-0.4, -0.2) is 55.8 Å². The van der Waals surface area contributed by atoms with Gasteiger partial charge in [0.25, 0.3) is 5.91 Å². The van der Waals surface area contributed by atoms with E-state index in [2.05, 4.69) is 0 Å². The maximum absolute atomic E-state index is 12.9. The monoisotopic (exact) mass is 431 g/mol. The van der Waals surface area contributed by atoms with Crippen LogP contribution in [0.1, 0.15) is 11.1 Å². The summed E-state index contributed by atoms with van der Waals surface area (Å²) in [5.41, 5.74) is 1.01. The summed E-state index contributed by atoms with van der Waals surface area (Å²) in [7, 11) is -3.79. The lowest BCUT2D eigenvalue weighted by molar-refractivity contribution is -0.139. The molecule has 0 bridgehead atoms. The minimum atomic E-state index is -3.79. The minimum Gasteiger partial charge on any atom is -0.480 e. The summed E-state index contributed by atoms with van der Waals surface area (Å²) in [4.78, 5) is 14.5. The highest BCUT2D eigenvalue weighted by atomic mass is 35.5. The van der Waals surface area contributed by atoms with Crippen molar-refractivity contribution >= 4 is 27.5 Å². The van der Waals surface area contributed by atoms with E-state index in [1.165, 1.54) is 16.4 Å². The number of amides is 1. The molecule has 0 spiro atoms. The number of carbonyl (C=O) groups is 1. The Morgan fingerprint density at radius 1 is 1.14 bits per heavy atom. The van der Waals surface area contributed by atoms with Gasteiger partial charge in [-0.1, -0.05) is 23.7 Å². The van der Waals surface area contributed by atoms with Gasteiger partial charge in [0.15, 0.2) is 6.10 Å². The van der Waals surface area contributed by atoms with Crippen LogP contribution in [0.4, 0.5) is 0 Å². The number of nitriles is 1. The lowest BCUT2D eigenvalue weighted by atomic mass is 10.1. The number of sulfonamides is 1. The molecule has 2 aliphatic rings. The normalized spacial score (nSPS) is 19.3. The first-order chi connectivity index (χ1) is 13.9. The summed E-state index contributed by atoms with van der Waals surface area (Å²) in [5.74, 6) is 0.494. The largest absolute Gasteiger partial charge is 0.480 e. The number of benzene rings is 2. The van der Waals surface area contributed by atoms with Gasteiger partial charge in [0.1, 0.15) is 11.8 Å². The second kappa shape index (κ2) is 7.67. The van der Waals surface area contributed by atoms with Gasteiger partial charge in [-0.05, 0) is 35.9 Å². The molecule has 0 aromatic heterocycles. The van der Waals surface area contributed by atoms with Crippen LogP contribution in [0.2, 0.25) is 5.02 Å². The molecule has 150 valence electrons. The number of halogens is 1. The number of rotatable bonds is 3. The third-order valence-electron chi connectivity index (χ3n) is 5.15. The van der Waals surface area contributed by atoms with E-state index < -0.39 is 16.1 Å². The molecular weight excluding hydrogens is 414 g/mol.